The zero-order valence-corrected chi connectivity index (χ0v) is 13.9. The summed E-state index contributed by atoms with van der Waals surface area (Å²) < 4.78 is 10.7. The maximum Gasteiger partial charge on any atom is 0.224 e. The van der Waals surface area contributed by atoms with Gasteiger partial charge in [-0.05, 0) is 25.0 Å². The number of carbonyl (C=O) groups is 2. The smallest absolute Gasteiger partial charge is 0.224 e. The summed E-state index contributed by atoms with van der Waals surface area (Å²) in [4.78, 5) is 25.2. The molecular formula is C17H24N2O4. The van der Waals surface area contributed by atoms with Gasteiger partial charge in [0, 0.05) is 38.1 Å². The lowest BCUT2D eigenvalue weighted by Crippen LogP contribution is -2.33. The molecule has 1 aromatic carbocycles. The zero-order valence-electron chi connectivity index (χ0n) is 13.9. The van der Waals surface area contributed by atoms with Gasteiger partial charge in [-0.1, -0.05) is 0 Å². The van der Waals surface area contributed by atoms with E-state index >= 15 is 0 Å². The van der Waals surface area contributed by atoms with Gasteiger partial charge in [-0.2, -0.15) is 0 Å². The van der Waals surface area contributed by atoms with Gasteiger partial charge in [0.1, 0.15) is 11.5 Å². The quantitative estimate of drug-likeness (QED) is 0.869. The van der Waals surface area contributed by atoms with Crippen molar-refractivity contribution in [1.82, 2.24) is 10.2 Å². The molecule has 1 fully saturated rings. The van der Waals surface area contributed by atoms with E-state index in [1.807, 2.05) is 23.1 Å². The first kappa shape index (κ1) is 17.1. The van der Waals surface area contributed by atoms with E-state index in [0.29, 0.717) is 13.0 Å². The molecule has 0 radical (unpaired) electrons. The molecule has 0 aliphatic carbocycles. The molecule has 1 aliphatic heterocycles. The van der Waals surface area contributed by atoms with E-state index in [9.17, 15) is 9.59 Å². The van der Waals surface area contributed by atoms with Crippen LogP contribution in [0, 0.1) is 0 Å². The fraction of sp³-hybridized carbons (Fsp3) is 0.529. The monoisotopic (exact) mass is 320 g/mol. The van der Waals surface area contributed by atoms with Crippen molar-refractivity contribution in [3.8, 4) is 11.5 Å². The van der Waals surface area contributed by atoms with Crippen molar-refractivity contribution in [2.75, 3.05) is 27.3 Å². The first-order valence-corrected chi connectivity index (χ1v) is 7.82. The molecule has 23 heavy (non-hydrogen) atoms. The van der Waals surface area contributed by atoms with E-state index < -0.39 is 0 Å². The van der Waals surface area contributed by atoms with Crippen LogP contribution in [0.25, 0.3) is 0 Å². The number of nitrogens with one attached hydrogen (secondary N) is 1. The number of methoxy groups -OCH3 is 2. The minimum Gasteiger partial charge on any atom is -0.497 e. The van der Waals surface area contributed by atoms with Gasteiger partial charge in [0.2, 0.25) is 11.8 Å². The lowest BCUT2D eigenvalue weighted by molar-refractivity contribution is -0.132. The van der Waals surface area contributed by atoms with E-state index in [1.165, 1.54) is 6.92 Å². The van der Waals surface area contributed by atoms with Gasteiger partial charge in [-0.3, -0.25) is 9.59 Å². The molecule has 1 unspecified atom stereocenters. The van der Waals surface area contributed by atoms with Crippen LogP contribution in [0.5, 0.6) is 11.5 Å². The average molecular weight is 320 g/mol. The second kappa shape index (κ2) is 7.85. The predicted octanol–water partition coefficient (Wildman–Crippen LogP) is 1.89. The summed E-state index contributed by atoms with van der Waals surface area (Å²) in [6, 6.07) is 5.70. The zero-order chi connectivity index (χ0) is 16.8. The average Bonchev–Trinajstić information content (AvgIpc) is 3.03. The molecule has 0 bridgehead atoms. The predicted molar refractivity (Wildman–Crippen MR) is 86.5 cm³/mol. The maximum absolute atomic E-state index is 12.4. The number of hydrogen-bond donors (Lipinski definition) is 1. The summed E-state index contributed by atoms with van der Waals surface area (Å²) in [5.74, 6) is 1.40. The van der Waals surface area contributed by atoms with Crippen LogP contribution >= 0.6 is 0 Å². The molecule has 2 amide bonds. The fourth-order valence-electron chi connectivity index (χ4n) is 2.97. The van der Waals surface area contributed by atoms with E-state index in [4.69, 9.17) is 9.47 Å². The van der Waals surface area contributed by atoms with Crippen LogP contribution in [0.2, 0.25) is 0 Å². The molecule has 1 aromatic rings. The number of rotatable bonds is 6. The first-order chi connectivity index (χ1) is 11.1. The molecule has 6 heteroatoms. The van der Waals surface area contributed by atoms with Gasteiger partial charge in [0.05, 0.1) is 20.3 Å². The van der Waals surface area contributed by atoms with Crippen molar-refractivity contribution in [2.24, 2.45) is 0 Å². The van der Waals surface area contributed by atoms with Crippen LogP contribution in [0.15, 0.2) is 18.2 Å². The van der Waals surface area contributed by atoms with Crippen LogP contribution in [0.4, 0.5) is 0 Å². The molecule has 1 saturated heterocycles. The van der Waals surface area contributed by atoms with Crippen LogP contribution in [0.1, 0.15) is 37.8 Å². The molecule has 1 atom stereocenters. The number of benzene rings is 1. The third-order valence-electron chi connectivity index (χ3n) is 4.09. The molecule has 2 rings (SSSR count). The van der Waals surface area contributed by atoms with Gasteiger partial charge in [-0.25, -0.2) is 0 Å². The summed E-state index contributed by atoms with van der Waals surface area (Å²) in [6.45, 7) is 2.56. The number of amides is 2. The summed E-state index contributed by atoms with van der Waals surface area (Å²) in [5, 5.41) is 2.66. The molecular weight excluding hydrogens is 296 g/mol. The highest BCUT2D eigenvalue weighted by Crippen LogP contribution is 2.38. The van der Waals surface area contributed by atoms with E-state index in [-0.39, 0.29) is 17.9 Å². The van der Waals surface area contributed by atoms with E-state index in [0.717, 1.165) is 36.4 Å². The van der Waals surface area contributed by atoms with Gasteiger partial charge >= 0.3 is 0 Å². The third kappa shape index (κ3) is 4.15. The maximum atomic E-state index is 12.4. The van der Waals surface area contributed by atoms with Crippen molar-refractivity contribution in [3.63, 3.8) is 0 Å². The normalized spacial score (nSPS) is 17.0. The molecule has 126 valence electrons. The highest BCUT2D eigenvalue weighted by Gasteiger charge is 2.31. The van der Waals surface area contributed by atoms with Crippen LogP contribution in [0.3, 0.4) is 0 Å². The van der Waals surface area contributed by atoms with Gasteiger partial charge in [0.25, 0.3) is 0 Å². The highest BCUT2D eigenvalue weighted by atomic mass is 16.5. The fourth-order valence-corrected chi connectivity index (χ4v) is 2.97. The Balaban J connectivity index is 2.12. The molecule has 0 aromatic heterocycles. The Morgan fingerprint density at radius 1 is 1.30 bits per heavy atom. The number of likely N-dealkylation sites (tertiary alicyclic amines) is 1. The minimum absolute atomic E-state index is 0.0145. The molecule has 0 spiro atoms. The topological polar surface area (TPSA) is 67.9 Å². The SMILES string of the molecule is COc1ccc(C2CCCN2C(=O)CCNC(C)=O)c(OC)c1. The van der Waals surface area contributed by atoms with E-state index in [1.54, 1.807) is 14.2 Å². The van der Waals surface area contributed by atoms with Crippen LogP contribution in [-0.2, 0) is 9.59 Å². The lowest BCUT2D eigenvalue weighted by atomic mass is 10.0. The number of carbonyl (C=O) groups excluding carboxylic acids is 2. The minimum atomic E-state index is -0.118. The highest BCUT2D eigenvalue weighted by molar-refractivity contribution is 5.78. The Morgan fingerprint density at radius 3 is 2.74 bits per heavy atom. The Labute approximate surface area is 136 Å². The van der Waals surface area contributed by atoms with Gasteiger partial charge in [-0.15, -0.1) is 0 Å². The molecule has 6 nitrogen and oxygen atoms in total. The summed E-state index contributed by atoms with van der Waals surface area (Å²) in [6.07, 6.45) is 2.19. The summed E-state index contributed by atoms with van der Waals surface area (Å²) in [7, 11) is 3.23. The van der Waals surface area contributed by atoms with Crippen LogP contribution in [-0.4, -0.2) is 44.0 Å². The number of ether oxygens (including phenoxy) is 2. The summed E-state index contributed by atoms with van der Waals surface area (Å²) in [5.41, 5.74) is 0.999. The number of nitrogens with zero attached hydrogens (tertiary/aromatic N) is 1. The van der Waals surface area contributed by atoms with Crippen molar-refractivity contribution in [1.29, 1.82) is 0 Å². The second-order valence-corrected chi connectivity index (χ2v) is 5.59. The Hall–Kier alpha value is -2.24. The molecule has 1 heterocycles. The Kier molecular flexibility index (Phi) is 5.84. The number of hydrogen-bond acceptors (Lipinski definition) is 4. The molecule has 1 aliphatic rings. The second-order valence-electron chi connectivity index (χ2n) is 5.59. The Bertz CT molecular complexity index is 574. The molecule has 1 N–H and O–H groups in total. The van der Waals surface area contributed by atoms with Crippen LogP contribution < -0.4 is 14.8 Å². The van der Waals surface area contributed by atoms with Gasteiger partial charge < -0.3 is 19.7 Å². The Morgan fingerprint density at radius 2 is 2.09 bits per heavy atom. The van der Waals surface area contributed by atoms with Crippen molar-refractivity contribution >= 4 is 11.8 Å². The van der Waals surface area contributed by atoms with Crippen molar-refractivity contribution in [2.45, 2.75) is 32.2 Å². The van der Waals surface area contributed by atoms with Gasteiger partial charge in [0.15, 0.2) is 0 Å². The lowest BCUT2D eigenvalue weighted by Gasteiger charge is -2.26. The first-order valence-electron chi connectivity index (χ1n) is 7.82. The standard InChI is InChI=1S/C17H24N2O4/c1-12(20)18-9-8-17(21)19-10-4-5-15(19)14-7-6-13(22-2)11-16(14)23-3/h6-7,11,15H,4-5,8-10H2,1-3H3,(H,18,20). The summed E-state index contributed by atoms with van der Waals surface area (Å²) >= 11 is 0. The molecule has 0 saturated carbocycles. The largest absolute Gasteiger partial charge is 0.497 e. The van der Waals surface area contributed by atoms with E-state index in [2.05, 4.69) is 5.32 Å². The van der Waals surface area contributed by atoms with Crippen molar-refractivity contribution < 1.29 is 19.1 Å². The van der Waals surface area contributed by atoms with Crippen molar-refractivity contribution in [3.05, 3.63) is 23.8 Å². The third-order valence-corrected chi connectivity index (χ3v) is 4.09.